The van der Waals surface area contributed by atoms with Gasteiger partial charge in [-0.3, -0.25) is 50.5 Å². The molecule has 0 heterocycles. The van der Waals surface area contributed by atoms with Crippen molar-refractivity contribution < 1.29 is 130 Å². The van der Waals surface area contributed by atoms with Gasteiger partial charge in [0, 0.05) is 0 Å². The molecule has 268 valence electrons. The third kappa shape index (κ3) is 8.04. The molecule has 0 aromatic heterocycles. The maximum absolute atomic E-state index is 12.0. The smallest absolute Gasteiger partial charge is 0.251 e. The molecule has 0 aromatic rings. The van der Waals surface area contributed by atoms with Crippen LogP contribution in [0, 0.1) is 7.83 Å². The Hall–Kier alpha value is -1.56. The lowest BCUT2D eigenvalue weighted by molar-refractivity contribution is -0.0488. The lowest BCUT2D eigenvalue weighted by Gasteiger charge is -2.31. The van der Waals surface area contributed by atoms with Crippen molar-refractivity contribution in [3.05, 3.63) is 7.83 Å². The molecule has 0 atom stereocenters. The van der Waals surface area contributed by atoms with Crippen molar-refractivity contribution in [3.8, 4) is 0 Å². The van der Waals surface area contributed by atoms with Crippen LogP contribution in [0.1, 0.15) is 0 Å². The van der Waals surface area contributed by atoms with Crippen molar-refractivity contribution >= 4 is 59.0 Å². The first-order valence-electron chi connectivity index (χ1n) is 7.85. The van der Waals surface area contributed by atoms with E-state index in [1.807, 2.05) is 0 Å². The van der Waals surface area contributed by atoms with Crippen LogP contribution in [-0.4, -0.2) is 83.6 Å². The molecule has 0 N–H and O–H groups in total. The minimum Gasteiger partial charge on any atom is -0.251 e. The molecule has 0 aliphatic heterocycles. The Labute approximate surface area is 229 Å². The average Bonchev–Trinajstić information content (AvgIpc) is 2.61. The predicted molar refractivity (Wildman–Crippen MR) is 96.3 cm³/mol. The van der Waals surface area contributed by atoms with Crippen LogP contribution in [0.2, 0.25) is 0 Å². The van der Waals surface area contributed by atoms with Gasteiger partial charge in [-0.05, 0) is 0 Å². The zero-order valence-corrected chi connectivity index (χ0v) is 23.1. The molecule has 0 aromatic carbocycles. The lowest BCUT2D eigenvalue weighted by atomic mass is 11.5. The summed E-state index contributed by atoms with van der Waals surface area (Å²) in [5, 5.41) is 0. The van der Waals surface area contributed by atoms with Gasteiger partial charge in [0.1, 0.15) is 0 Å². The fourth-order valence-electron chi connectivity index (χ4n) is 1.43. The Kier molecular flexibility index (Phi) is 11.7. The summed E-state index contributed by atoms with van der Waals surface area (Å²) in [6, 6.07) is 0. The van der Waals surface area contributed by atoms with Crippen LogP contribution in [0.4, 0.5) is 79.0 Å². The van der Waals surface area contributed by atoms with Gasteiger partial charge >= 0.3 is 33.0 Å². The summed E-state index contributed by atoms with van der Waals surface area (Å²) in [6.07, 6.45) is 0. The summed E-state index contributed by atoms with van der Waals surface area (Å²) < 4.78 is 335. The first kappa shape index (κ1) is 44.6. The number of alkyl halides is 18. The van der Waals surface area contributed by atoms with Crippen LogP contribution < -0.4 is 0 Å². The molecule has 0 unspecified atom stereocenters. The quantitative estimate of drug-likeness (QED) is 0.280. The van der Waals surface area contributed by atoms with Crippen molar-refractivity contribution in [2.75, 3.05) is 0 Å². The highest BCUT2D eigenvalue weighted by Crippen LogP contribution is 2.49. The van der Waals surface area contributed by atoms with Gasteiger partial charge in [0.05, 0.1) is 7.83 Å². The van der Waals surface area contributed by atoms with E-state index in [9.17, 15) is 130 Å². The third-order valence-corrected chi connectivity index (χ3v) is 17.3. The first-order chi connectivity index (χ1) is 18.2. The zero-order valence-electron chi connectivity index (χ0n) is 18.2. The Bertz CT molecular complexity index is 1390. The summed E-state index contributed by atoms with van der Waals surface area (Å²) in [5.74, 6) is 0. The van der Waals surface area contributed by atoms with Gasteiger partial charge in [-0.1, -0.05) is 0 Å². The van der Waals surface area contributed by atoms with E-state index < -0.39 is 99.9 Å². The van der Waals surface area contributed by atoms with Crippen LogP contribution in [0.15, 0.2) is 0 Å². The van der Waals surface area contributed by atoms with E-state index in [4.69, 9.17) is 0 Å². The number of hydrogen-bond donors (Lipinski definition) is 0. The monoisotopic (exact) mass is 822 g/mol. The van der Waals surface area contributed by atoms with Gasteiger partial charge in [0.25, 0.3) is 0 Å². The molecule has 0 amide bonds. The molecule has 0 saturated heterocycles. The molecular weight excluding hydrogens is 822 g/mol. The summed E-state index contributed by atoms with van der Waals surface area (Å²) in [6.45, 7) is 0. The SMILES string of the molecule is O=S(=O)([C-](S(=O)(=O)C(F)(F)F)S(=O)(=O)C(F)(F)F)C(F)(F)F.O=S(=O)([C-](S(=O)(=O)C(F)(F)F)S(=O)(=O)C(F)(F)F)C(F)(F)F. The molecule has 0 fully saturated rings. The van der Waals surface area contributed by atoms with E-state index >= 15 is 0 Å². The zero-order chi connectivity index (χ0) is 37.2. The highest BCUT2D eigenvalue weighted by Gasteiger charge is 2.64. The number of halogens is 18. The van der Waals surface area contributed by atoms with E-state index in [-0.39, 0.29) is 0 Å². The average molecular weight is 822 g/mol. The fraction of sp³-hybridized carbons (Fsp3) is 0.750. The van der Waals surface area contributed by atoms with Crippen LogP contribution in [0.3, 0.4) is 0 Å². The fourth-order valence-corrected chi connectivity index (χ4v) is 12.9. The predicted octanol–water partition coefficient (Wildman–Crippen LogP) is 2.47. The van der Waals surface area contributed by atoms with Gasteiger partial charge in [-0.2, -0.15) is 79.0 Å². The second-order valence-electron chi connectivity index (χ2n) is 6.20. The minimum absolute atomic E-state index is 4.75. The molecule has 0 aliphatic rings. The molecule has 0 radical (unpaired) electrons. The summed E-state index contributed by atoms with van der Waals surface area (Å²) in [4.78, 5) is 0. The molecule has 0 rings (SSSR count). The molecule has 0 aliphatic carbocycles. The molecule has 0 saturated carbocycles. The highest BCUT2D eigenvalue weighted by molar-refractivity contribution is 8.30. The molecule has 12 nitrogen and oxygen atoms in total. The van der Waals surface area contributed by atoms with Gasteiger partial charge in [-0.25, -0.2) is 0 Å². The van der Waals surface area contributed by atoms with Crippen molar-refractivity contribution in [1.82, 2.24) is 0 Å². The van der Waals surface area contributed by atoms with Crippen LogP contribution in [0.25, 0.3) is 0 Å². The first-order valence-corrected chi connectivity index (χ1v) is 16.8. The maximum atomic E-state index is 12.0. The normalized spacial score (nSPS) is 16.1. The van der Waals surface area contributed by atoms with E-state index in [0.717, 1.165) is 0 Å². The van der Waals surface area contributed by atoms with Crippen molar-refractivity contribution in [3.63, 3.8) is 0 Å². The van der Waals surface area contributed by atoms with E-state index in [2.05, 4.69) is 0 Å². The molecule has 36 heteroatoms. The Morgan fingerprint density at radius 2 is 0.295 bits per heavy atom. The highest BCUT2D eigenvalue weighted by atomic mass is 32.3. The summed E-state index contributed by atoms with van der Waals surface area (Å²) >= 11 is 0. The summed E-state index contributed by atoms with van der Waals surface area (Å²) in [7, 11) is -48.1. The van der Waals surface area contributed by atoms with Gasteiger partial charge in [0.2, 0.25) is 0 Å². The van der Waals surface area contributed by atoms with Gasteiger partial charge in [-0.15, -0.1) is 0 Å². The van der Waals surface area contributed by atoms with Gasteiger partial charge in [0.15, 0.2) is 59.0 Å². The van der Waals surface area contributed by atoms with E-state index in [1.165, 1.54) is 0 Å². The van der Waals surface area contributed by atoms with Crippen molar-refractivity contribution in [2.45, 2.75) is 33.0 Å². The Balaban J connectivity index is 0. The van der Waals surface area contributed by atoms with Crippen LogP contribution in [-0.2, 0) is 59.0 Å². The van der Waals surface area contributed by atoms with Crippen molar-refractivity contribution in [2.24, 2.45) is 0 Å². The minimum atomic E-state index is -8.02. The number of sulfone groups is 6. The molecule has 44 heavy (non-hydrogen) atoms. The Morgan fingerprint density at radius 1 is 0.227 bits per heavy atom. The van der Waals surface area contributed by atoms with Crippen molar-refractivity contribution in [1.29, 1.82) is 0 Å². The maximum Gasteiger partial charge on any atom is 0.470 e. The van der Waals surface area contributed by atoms with E-state index in [0.29, 0.717) is 0 Å². The lowest BCUT2D eigenvalue weighted by Crippen LogP contribution is -2.47. The second-order valence-corrected chi connectivity index (χ2v) is 19.0. The van der Waals surface area contributed by atoms with E-state index in [1.54, 1.807) is 0 Å². The van der Waals surface area contributed by atoms with Gasteiger partial charge < -0.3 is 0 Å². The number of hydrogen-bond acceptors (Lipinski definition) is 12. The molecular formula is C8F18O12S6-2. The Morgan fingerprint density at radius 3 is 0.341 bits per heavy atom. The standard InChI is InChI=1S/2C4F9O6S3/c2*5-2(6,7)20(14,15)1(21(16,17)3(8,9)10)22(18,19)4(11,12)13/q2*-1. The molecule has 0 spiro atoms. The summed E-state index contributed by atoms with van der Waals surface area (Å²) in [5.41, 5.74) is -42.3. The number of rotatable bonds is 6. The second kappa shape index (κ2) is 11.6. The molecule has 0 bridgehead atoms. The topological polar surface area (TPSA) is 205 Å². The van der Waals surface area contributed by atoms with Crippen LogP contribution in [0.5, 0.6) is 0 Å². The van der Waals surface area contributed by atoms with Crippen LogP contribution >= 0.6 is 0 Å². The third-order valence-electron chi connectivity index (χ3n) is 3.14. The largest absolute Gasteiger partial charge is 0.470 e.